The maximum atomic E-state index is 9.69. The summed E-state index contributed by atoms with van der Waals surface area (Å²) in [4.78, 5) is 6.56. The third-order valence-electron chi connectivity index (χ3n) is 5.50. The zero-order chi connectivity index (χ0) is 18.2. The van der Waals surface area contributed by atoms with Gasteiger partial charge in [-0.2, -0.15) is 0 Å². The van der Waals surface area contributed by atoms with Crippen LogP contribution in [-0.4, -0.2) is 35.2 Å². The first kappa shape index (κ1) is 22.6. The number of aliphatic imine (C=N–C) groups is 1. The molecule has 1 rings (SSSR count). The van der Waals surface area contributed by atoms with Gasteiger partial charge in [-0.1, -0.05) is 96.8 Å². The minimum absolute atomic E-state index is 0.224. The Morgan fingerprint density at radius 3 is 1.72 bits per heavy atom. The lowest BCUT2D eigenvalue weighted by Crippen LogP contribution is -2.37. The SMILES string of the molecule is CCCCCCCCCCCCCCCCCC1N=CCN1C(C)O. The molecule has 2 unspecified atom stereocenters. The summed E-state index contributed by atoms with van der Waals surface area (Å²) in [6, 6.07) is 0. The normalized spacial score (nSPS) is 18.9. The van der Waals surface area contributed by atoms with Gasteiger partial charge in [0.15, 0.2) is 0 Å². The Labute approximate surface area is 157 Å². The average Bonchev–Trinajstić information content (AvgIpc) is 3.07. The van der Waals surface area contributed by atoms with Crippen molar-refractivity contribution in [2.45, 2.75) is 129 Å². The second kappa shape index (κ2) is 15.8. The lowest BCUT2D eigenvalue weighted by atomic mass is 10.0. The molecular weight excluding hydrogens is 308 g/mol. The molecule has 0 aromatic carbocycles. The monoisotopic (exact) mass is 352 g/mol. The maximum Gasteiger partial charge on any atom is 0.106 e. The fourth-order valence-corrected chi connectivity index (χ4v) is 3.81. The van der Waals surface area contributed by atoms with E-state index in [0.717, 1.165) is 13.0 Å². The molecule has 0 aromatic rings. The molecule has 0 aromatic heterocycles. The first-order chi connectivity index (χ1) is 12.3. The first-order valence-corrected chi connectivity index (χ1v) is 11.2. The molecule has 3 nitrogen and oxygen atoms in total. The van der Waals surface area contributed by atoms with Crippen molar-refractivity contribution in [1.82, 2.24) is 4.90 Å². The molecule has 0 saturated carbocycles. The number of aliphatic hydroxyl groups is 1. The molecular formula is C22H44N2O. The van der Waals surface area contributed by atoms with E-state index in [-0.39, 0.29) is 12.4 Å². The van der Waals surface area contributed by atoms with Gasteiger partial charge >= 0.3 is 0 Å². The maximum absolute atomic E-state index is 9.69. The van der Waals surface area contributed by atoms with Crippen LogP contribution < -0.4 is 0 Å². The minimum Gasteiger partial charge on any atom is -0.379 e. The van der Waals surface area contributed by atoms with Crippen molar-refractivity contribution < 1.29 is 5.11 Å². The van der Waals surface area contributed by atoms with Gasteiger partial charge in [-0.3, -0.25) is 9.89 Å². The Kier molecular flexibility index (Phi) is 14.3. The number of aliphatic hydroxyl groups excluding tert-OH is 1. The van der Waals surface area contributed by atoms with Crippen LogP contribution in [-0.2, 0) is 0 Å². The van der Waals surface area contributed by atoms with Crippen LogP contribution in [0.15, 0.2) is 4.99 Å². The van der Waals surface area contributed by atoms with E-state index in [9.17, 15) is 5.11 Å². The summed E-state index contributed by atoms with van der Waals surface area (Å²) in [5.74, 6) is 0. The highest BCUT2D eigenvalue weighted by molar-refractivity contribution is 5.62. The van der Waals surface area contributed by atoms with E-state index in [2.05, 4.69) is 16.8 Å². The standard InChI is InChI=1S/C22H44N2O/c1-3-4-5-6-7-8-9-10-11-12-13-14-15-16-17-18-22-23-19-20-24(22)21(2)25/h19,21-22,25H,3-18,20H2,1-2H3. The Balaban J connectivity index is 1.77. The lowest BCUT2D eigenvalue weighted by molar-refractivity contribution is 0.00710. The lowest BCUT2D eigenvalue weighted by Gasteiger charge is -2.25. The van der Waals surface area contributed by atoms with Gasteiger partial charge in [0.25, 0.3) is 0 Å². The van der Waals surface area contributed by atoms with Crippen molar-refractivity contribution in [3.8, 4) is 0 Å². The number of hydrogen-bond acceptors (Lipinski definition) is 3. The van der Waals surface area contributed by atoms with Crippen molar-refractivity contribution in [2.24, 2.45) is 4.99 Å². The van der Waals surface area contributed by atoms with Crippen LogP contribution >= 0.6 is 0 Å². The zero-order valence-electron chi connectivity index (χ0n) is 17.1. The van der Waals surface area contributed by atoms with Gasteiger partial charge in [0, 0.05) is 12.8 Å². The van der Waals surface area contributed by atoms with Crippen LogP contribution in [0.4, 0.5) is 0 Å². The van der Waals surface area contributed by atoms with Gasteiger partial charge in [0.05, 0.1) is 0 Å². The quantitative estimate of drug-likeness (QED) is 0.312. The van der Waals surface area contributed by atoms with E-state index in [1.165, 1.54) is 96.3 Å². The predicted octanol–water partition coefficient (Wildman–Crippen LogP) is 6.30. The molecule has 1 N–H and O–H groups in total. The largest absolute Gasteiger partial charge is 0.379 e. The van der Waals surface area contributed by atoms with Crippen molar-refractivity contribution >= 4 is 6.21 Å². The molecule has 0 spiro atoms. The number of unbranched alkanes of at least 4 members (excludes halogenated alkanes) is 14. The third kappa shape index (κ3) is 11.8. The molecule has 1 heterocycles. The molecule has 1 aliphatic rings. The third-order valence-corrected chi connectivity index (χ3v) is 5.50. The number of nitrogens with zero attached hydrogens (tertiary/aromatic N) is 2. The summed E-state index contributed by atoms with van der Waals surface area (Å²) in [6.07, 6.45) is 24.0. The fourth-order valence-electron chi connectivity index (χ4n) is 3.81. The van der Waals surface area contributed by atoms with E-state index in [1.54, 1.807) is 0 Å². The summed E-state index contributed by atoms with van der Waals surface area (Å²) >= 11 is 0. The summed E-state index contributed by atoms with van der Waals surface area (Å²) in [5.41, 5.74) is 0. The fraction of sp³-hybridized carbons (Fsp3) is 0.955. The van der Waals surface area contributed by atoms with Crippen LogP contribution in [0.2, 0.25) is 0 Å². The van der Waals surface area contributed by atoms with Crippen molar-refractivity contribution in [1.29, 1.82) is 0 Å². The van der Waals surface area contributed by atoms with E-state index >= 15 is 0 Å². The number of rotatable bonds is 17. The highest BCUT2D eigenvalue weighted by Gasteiger charge is 2.23. The number of hydrogen-bond donors (Lipinski definition) is 1. The Bertz CT molecular complexity index is 317. The first-order valence-electron chi connectivity index (χ1n) is 11.2. The summed E-state index contributed by atoms with van der Waals surface area (Å²) in [7, 11) is 0. The van der Waals surface area contributed by atoms with Gasteiger partial charge in [-0.15, -0.1) is 0 Å². The van der Waals surface area contributed by atoms with Gasteiger partial charge in [0.1, 0.15) is 12.4 Å². The smallest absolute Gasteiger partial charge is 0.106 e. The van der Waals surface area contributed by atoms with Crippen LogP contribution in [0, 0.1) is 0 Å². The van der Waals surface area contributed by atoms with Crippen molar-refractivity contribution in [3.05, 3.63) is 0 Å². The van der Waals surface area contributed by atoms with Crippen LogP contribution in [0.1, 0.15) is 117 Å². The molecule has 1 aliphatic heterocycles. The van der Waals surface area contributed by atoms with E-state index < -0.39 is 0 Å². The van der Waals surface area contributed by atoms with E-state index in [1.807, 2.05) is 13.1 Å². The molecule has 148 valence electrons. The molecule has 3 heteroatoms. The highest BCUT2D eigenvalue weighted by Crippen LogP contribution is 2.18. The predicted molar refractivity (Wildman–Crippen MR) is 110 cm³/mol. The summed E-state index contributed by atoms with van der Waals surface area (Å²) < 4.78 is 0. The van der Waals surface area contributed by atoms with Gasteiger partial charge in [-0.25, -0.2) is 0 Å². The van der Waals surface area contributed by atoms with Gasteiger partial charge < -0.3 is 5.11 Å². The average molecular weight is 353 g/mol. The molecule has 0 fully saturated rings. The molecule has 0 aliphatic carbocycles. The minimum atomic E-state index is -0.371. The summed E-state index contributed by atoms with van der Waals surface area (Å²) in [6.45, 7) is 4.94. The summed E-state index contributed by atoms with van der Waals surface area (Å²) in [5, 5.41) is 9.69. The van der Waals surface area contributed by atoms with Crippen LogP contribution in [0.3, 0.4) is 0 Å². The Morgan fingerprint density at radius 1 is 0.840 bits per heavy atom. The van der Waals surface area contributed by atoms with Crippen LogP contribution in [0.25, 0.3) is 0 Å². The topological polar surface area (TPSA) is 35.8 Å². The molecule has 0 radical (unpaired) electrons. The van der Waals surface area contributed by atoms with Gasteiger partial charge in [-0.05, 0) is 19.8 Å². The Morgan fingerprint density at radius 2 is 1.28 bits per heavy atom. The van der Waals surface area contributed by atoms with E-state index in [4.69, 9.17) is 0 Å². The molecule has 25 heavy (non-hydrogen) atoms. The highest BCUT2D eigenvalue weighted by atomic mass is 16.3. The molecule has 2 atom stereocenters. The Hall–Kier alpha value is -0.410. The second-order valence-corrected chi connectivity index (χ2v) is 7.88. The molecule has 0 saturated heterocycles. The molecule has 0 bridgehead atoms. The van der Waals surface area contributed by atoms with Crippen LogP contribution in [0.5, 0.6) is 0 Å². The van der Waals surface area contributed by atoms with Crippen molar-refractivity contribution in [3.63, 3.8) is 0 Å². The van der Waals surface area contributed by atoms with Crippen molar-refractivity contribution in [2.75, 3.05) is 6.54 Å². The second-order valence-electron chi connectivity index (χ2n) is 7.88. The molecule has 0 amide bonds. The van der Waals surface area contributed by atoms with Gasteiger partial charge in [0.2, 0.25) is 0 Å². The van der Waals surface area contributed by atoms with E-state index in [0.29, 0.717) is 0 Å². The zero-order valence-corrected chi connectivity index (χ0v) is 17.1.